The highest BCUT2D eigenvalue weighted by molar-refractivity contribution is 5.99. The molecule has 22 heteroatoms. The Morgan fingerprint density at radius 2 is 0.676 bits per heavy atom. The van der Waals surface area contributed by atoms with E-state index in [4.69, 9.17) is 11.5 Å². The van der Waals surface area contributed by atoms with Gasteiger partial charge >= 0.3 is 0 Å². The van der Waals surface area contributed by atoms with E-state index in [-0.39, 0.29) is 88.1 Å². The van der Waals surface area contributed by atoms with Crippen molar-refractivity contribution in [3.8, 4) is 0 Å². The van der Waals surface area contributed by atoms with Crippen molar-refractivity contribution in [2.75, 3.05) is 26.2 Å². The molecule has 3 rings (SSSR count). The number of hydrogen-bond acceptors (Lipinski definition) is 12. The molecule has 0 aromatic carbocycles. The predicted molar refractivity (Wildman–Crippen MR) is 280 cm³/mol. The molecule has 420 valence electrons. The van der Waals surface area contributed by atoms with Crippen LogP contribution in [0, 0.1) is 23.7 Å². The van der Waals surface area contributed by atoms with E-state index in [9.17, 15) is 47.9 Å². The molecule has 74 heavy (non-hydrogen) atoms. The number of carbonyl (C=O) groups excluding carboxylic acids is 10. The Labute approximate surface area is 439 Å². The van der Waals surface area contributed by atoms with E-state index < -0.39 is 119 Å². The van der Waals surface area contributed by atoms with Crippen LogP contribution in [0.5, 0.6) is 0 Å². The molecule has 0 radical (unpaired) electrons. The maximum absolute atomic E-state index is 14.5. The number of unbranched alkanes of at least 4 members (excludes halogenated alkanes) is 2. The number of nitrogens with zero attached hydrogens (tertiary/aromatic N) is 2. The quantitative estimate of drug-likeness (QED) is 0.0937. The minimum atomic E-state index is -1.16. The lowest BCUT2D eigenvalue weighted by Crippen LogP contribution is -2.61. The molecule has 3 heterocycles. The third kappa shape index (κ3) is 19.7. The first-order chi connectivity index (χ1) is 34.9. The third-order valence-electron chi connectivity index (χ3n) is 13.7. The standard InChI is InChI=1S/C52H92N12O10/c1-29(2)25-37-47(69)57-35(17-11-13-21-53)45(67)61-39(27-31(5)6)51(73)64-24-16-20-42(64)50(72)56-34(10)44(66)60-38(26-30(3)4)48(70)58-36(18-12-14-22-54)46(68)62-40(28-32(7)8)52(74)63-23-15-19-41(63)49(71)55-33(9)43(65)59-37/h29-42H,11-28,53-54H2,1-10H3,(H,55,71)(H,56,72)(H,57,69)(H,58,70)(H,59,65)(H,60,66)(H,61,67)(H,62,68)/t33-,34-,35+,36+,37+,38+,39+,40+,41-,42-/m0/s1. The van der Waals surface area contributed by atoms with E-state index in [2.05, 4.69) is 42.5 Å². The second kappa shape index (κ2) is 30.9. The Morgan fingerprint density at radius 1 is 0.392 bits per heavy atom. The van der Waals surface area contributed by atoms with Crippen LogP contribution in [0.25, 0.3) is 0 Å². The van der Waals surface area contributed by atoms with Crippen molar-refractivity contribution in [1.82, 2.24) is 52.3 Å². The Kier molecular flexibility index (Phi) is 26.2. The Bertz CT molecular complexity index is 1800. The minimum absolute atomic E-state index is 0.0883. The molecule has 3 aliphatic rings. The smallest absolute Gasteiger partial charge is 0.245 e. The maximum Gasteiger partial charge on any atom is 0.245 e. The largest absolute Gasteiger partial charge is 0.343 e. The average molecular weight is 1050 g/mol. The van der Waals surface area contributed by atoms with Gasteiger partial charge in [-0.1, -0.05) is 55.4 Å². The summed E-state index contributed by atoms with van der Waals surface area (Å²) in [7, 11) is 0. The topological polar surface area (TPSA) is 325 Å². The summed E-state index contributed by atoms with van der Waals surface area (Å²) in [6, 6.07) is -11.0. The summed E-state index contributed by atoms with van der Waals surface area (Å²) in [4.78, 5) is 144. The summed E-state index contributed by atoms with van der Waals surface area (Å²) < 4.78 is 0. The third-order valence-corrected chi connectivity index (χ3v) is 13.7. The first kappa shape index (κ1) is 62.9. The van der Waals surface area contributed by atoms with Gasteiger partial charge in [0.1, 0.15) is 60.4 Å². The van der Waals surface area contributed by atoms with Crippen LogP contribution in [0.2, 0.25) is 0 Å². The lowest BCUT2D eigenvalue weighted by molar-refractivity contribution is -0.143. The molecule has 22 nitrogen and oxygen atoms in total. The molecule has 0 aromatic heterocycles. The van der Waals surface area contributed by atoms with E-state index in [1.807, 2.05) is 55.4 Å². The van der Waals surface area contributed by atoms with Crippen molar-refractivity contribution in [3.63, 3.8) is 0 Å². The molecule has 0 saturated carbocycles. The van der Waals surface area contributed by atoms with Crippen LogP contribution in [0.3, 0.4) is 0 Å². The van der Waals surface area contributed by atoms with Crippen molar-refractivity contribution in [3.05, 3.63) is 0 Å². The van der Waals surface area contributed by atoms with Crippen molar-refractivity contribution in [2.24, 2.45) is 35.1 Å². The number of hydrogen-bond donors (Lipinski definition) is 10. The number of nitrogens with one attached hydrogen (secondary N) is 8. The zero-order chi connectivity index (χ0) is 55.4. The van der Waals surface area contributed by atoms with Gasteiger partial charge in [0.25, 0.3) is 0 Å². The second-order valence-electron chi connectivity index (χ2n) is 22.3. The van der Waals surface area contributed by atoms with Gasteiger partial charge in [0.05, 0.1) is 0 Å². The molecule has 3 fully saturated rings. The molecule has 3 aliphatic heterocycles. The molecule has 0 spiro atoms. The SMILES string of the molecule is CC(C)C[C@H]1NC(=O)[C@H](C)NC(=O)[C@@H]2CCCN2C(=O)[C@@H](CC(C)C)NC(=O)[C@@H](CCCCN)NC(=O)[C@@H](CC(C)C)NC(=O)[C@H](C)NC(=O)[C@@H]2CCCN2C(=O)[C@@H](CC(C)C)NC(=O)[C@@H](CCCCN)NC1=O. The van der Waals surface area contributed by atoms with Crippen molar-refractivity contribution >= 4 is 59.1 Å². The second-order valence-corrected chi connectivity index (χ2v) is 22.3. The van der Waals surface area contributed by atoms with Crippen molar-refractivity contribution < 1.29 is 47.9 Å². The van der Waals surface area contributed by atoms with Crippen LogP contribution in [-0.4, -0.2) is 155 Å². The van der Waals surface area contributed by atoms with Gasteiger partial charge in [0.2, 0.25) is 59.1 Å². The summed E-state index contributed by atoms with van der Waals surface area (Å²) in [6.45, 7) is 19.0. The molecule has 0 aromatic rings. The van der Waals surface area contributed by atoms with Gasteiger partial charge in [0, 0.05) is 13.1 Å². The van der Waals surface area contributed by atoms with Gasteiger partial charge in [-0.3, -0.25) is 47.9 Å². The highest BCUT2D eigenvalue weighted by atomic mass is 16.2. The monoisotopic (exact) mass is 1040 g/mol. The lowest BCUT2D eigenvalue weighted by atomic mass is 9.99. The van der Waals surface area contributed by atoms with E-state index >= 15 is 0 Å². The van der Waals surface area contributed by atoms with E-state index in [1.54, 1.807) is 0 Å². The fourth-order valence-electron chi connectivity index (χ4n) is 9.75. The summed E-state index contributed by atoms with van der Waals surface area (Å²) in [5, 5.41) is 22.3. The zero-order valence-corrected chi connectivity index (χ0v) is 45.9. The Hall–Kier alpha value is -5.38. The molecule has 10 amide bonds. The van der Waals surface area contributed by atoms with Crippen LogP contribution in [0.1, 0.15) is 159 Å². The van der Waals surface area contributed by atoms with E-state index in [0.29, 0.717) is 51.6 Å². The molecular weight excluding hydrogens is 953 g/mol. The fraction of sp³-hybridized carbons (Fsp3) is 0.808. The van der Waals surface area contributed by atoms with Crippen LogP contribution >= 0.6 is 0 Å². The van der Waals surface area contributed by atoms with Gasteiger partial charge < -0.3 is 63.8 Å². The summed E-state index contributed by atoms with van der Waals surface area (Å²) in [5.74, 6) is -6.52. The molecule has 3 saturated heterocycles. The highest BCUT2D eigenvalue weighted by Gasteiger charge is 2.42. The van der Waals surface area contributed by atoms with Gasteiger partial charge in [-0.05, 0) is 141 Å². The number of amides is 10. The van der Waals surface area contributed by atoms with Crippen molar-refractivity contribution in [2.45, 2.75) is 220 Å². The zero-order valence-electron chi connectivity index (χ0n) is 45.9. The molecule has 12 N–H and O–H groups in total. The molecule has 10 atom stereocenters. The number of rotatable bonds is 16. The maximum atomic E-state index is 14.5. The van der Waals surface area contributed by atoms with Gasteiger partial charge in [0.15, 0.2) is 0 Å². The van der Waals surface area contributed by atoms with Crippen LogP contribution in [0.15, 0.2) is 0 Å². The van der Waals surface area contributed by atoms with Gasteiger partial charge in [-0.15, -0.1) is 0 Å². The normalized spacial score (nSPS) is 28.3. The van der Waals surface area contributed by atoms with Crippen LogP contribution < -0.4 is 54.0 Å². The molecule has 0 bridgehead atoms. The molecule has 0 aliphatic carbocycles. The van der Waals surface area contributed by atoms with Crippen molar-refractivity contribution in [1.29, 1.82) is 0 Å². The van der Waals surface area contributed by atoms with E-state index in [1.165, 1.54) is 23.6 Å². The number of fused-ring (bicyclic) bond motifs is 2. The minimum Gasteiger partial charge on any atom is -0.343 e. The highest BCUT2D eigenvalue weighted by Crippen LogP contribution is 2.23. The predicted octanol–water partition coefficient (Wildman–Crippen LogP) is 0.343. The molecule has 0 unspecified atom stereocenters. The number of carbonyl (C=O) groups is 10. The van der Waals surface area contributed by atoms with Gasteiger partial charge in [-0.25, -0.2) is 0 Å². The molecular formula is C52H92N12O10. The average Bonchev–Trinajstić information content (AvgIpc) is 4.03. The van der Waals surface area contributed by atoms with Crippen LogP contribution in [0.4, 0.5) is 0 Å². The van der Waals surface area contributed by atoms with Crippen LogP contribution in [-0.2, 0) is 47.9 Å². The van der Waals surface area contributed by atoms with E-state index in [0.717, 1.165) is 0 Å². The first-order valence-electron chi connectivity index (χ1n) is 27.3. The summed E-state index contributed by atoms with van der Waals surface area (Å²) >= 11 is 0. The first-order valence-corrected chi connectivity index (χ1v) is 27.3. The van der Waals surface area contributed by atoms with Gasteiger partial charge in [-0.2, -0.15) is 0 Å². The summed E-state index contributed by atoms with van der Waals surface area (Å²) in [5.41, 5.74) is 11.6. The summed E-state index contributed by atoms with van der Waals surface area (Å²) in [6.07, 6.45) is 4.56. The lowest BCUT2D eigenvalue weighted by Gasteiger charge is -2.32. The number of nitrogens with two attached hydrogens (primary N) is 2. The fourth-order valence-corrected chi connectivity index (χ4v) is 9.75. The Morgan fingerprint density at radius 3 is 0.986 bits per heavy atom. The Balaban J connectivity index is 2.11.